The van der Waals surface area contributed by atoms with Crippen LogP contribution in [0.2, 0.25) is 0 Å². The molecule has 6 nitrogen and oxygen atoms in total. The number of aryl methyl sites for hydroxylation is 1. The maximum Gasteiger partial charge on any atom is 0.270 e. The summed E-state index contributed by atoms with van der Waals surface area (Å²) in [5, 5.41) is 3.21. The second kappa shape index (κ2) is 10.4. The van der Waals surface area contributed by atoms with E-state index in [-0.39, 0.29) is 11.9 Å². The van der Waals surface area contributed by atoms with Crippen molar-refractivity contribution < 1.29 is 9.53 Å². The SMILES string of the molecule is COc1ccc(C)cc1CN1CCC([C@@H](NC(=O)c2ccccn2)c2ccccn2)CC1. The Morgan fingerprint density at radius 2 is 1.84 bits per heavy atom. The highest BCUT2D eigenvalue weighted by atomic mass is 16.5. The molecule has 32 heavy (non-hydrogen) atoms. The smallest absolute Gasteiger partial charge is 0.270 e. The predicted molar refractivity (Wildman–Crippen MR) is 124 cm³/mol. The molecule has 1 aliphatic rings. The van der Waals surface area contributed by atoms with Gasteiger partial charge in [-0.1, -0.05) is 29.8 Å². The zero-order valence-electron chi connectivity index (χ0n) is 18.7. The van der Waals surface area contributed by atoms with Crippen molar-refractivity contribution in [2.75, 3.05) is 20.2 Å². The summed E-state index contributed by atoms with van der Waals surface area (Å²) in [6, 6.07) is 17.4. The molecule has 6 heteroatoms. The van der Waals surface area contributed by atoms with E-state index < -0.39 is 0 Å². The van der Waals surface area contributed by atoms with Crippen LogP contribution in [0, 0.1) is 12.8 Å². The van der Waals surface area contributed by atoms with Crippen molar-refractivity contribution in [1.29, 1.82) is 0 Å². The summed E-state index contributed by atoms with van der Waals surface area (Å²) in [5.74, 6) is 1.09. The quantitative estimate of drug-likeness (QED) is 0.609. The molecule has 3 aromatic rings. The van der Waals surface area contributed by atoms with E-state index in [4.69, 9.17) is 4.74 Å². The molecule has 0 radical (unpaired) electrons. The van der Waals surface area contributed by atoms with Gasteiger partial charge in [0.1, 0.15) is 11.4 Å². The number of amides is 1. The molecule has 3 heterocycles. The Labute approximate surface area is 189 Å². The van der Waals surface area contributed by atoms with Crippen molar-refractivity contribution in [3.63, 3.8) is 0 Å². The number of carbonyl (C=O) groups is 1. The van der Waals surface area contributed by atoms with Gasteiger partial charge in [-0.3, -0.25) is 19.7 Å². The Morgan fingerprint density at radius 3 is 2.50 bits per heavy atom. The van der Waals surface area contributed by atoms with Crippen molar-refractivity contribution >= 4 is 5.91 Å². The summed E-state index contributed by atoms with van der Waals surface area (Å²) in [5.41, 5.74) is 3.78. The van der Waals surface area contributed by atoms with Gasteiger partial charge in [0.2, 0.25) is 0 Å². The van der Waals surface area contributed by atoms with Crippen molar-refractivity contribution in [1.82, 2.24) is 20.2 Å². The van der Waals surface area contributed by atoms with Crippen LogP contribution >= 0.6 is 0 Å². The van der Waals surface area contributed by atoms with Crippen molar-refractivity contribution in [2.24, 2.45) is 5.92 Å². The molecule has 1 aliphatic heterocycles. The van der Waals surface area contributed by atoms with Crippen LogP contribution in [0.1, 0.15) is 46.2 Å². The van der Waals surface area contributed by atoms with E-state index in [0.717, 1.165) is 43.9 Å². The van der Waals surface area contributed by atoms with Gasteiger partial charge in [0, 0.05) is 24.5 Å². The Bertz CT molecular complexity index is 1020. The van der Waals surface area contributed by atoms with Crippen molar-refractivity contribution in [2.45, 2.75) is 32.4 Å². The molecule has 1 aromatic carbocycles. The molecule has 1 atom stereocenters. The normalized spacial score (nSPS) is 15.8. The number of nitrogens with zero attached hydrogens (tertiary/aromatic N) is 3. The summed E-state index contributed by atoms with van der Waals surface area (Å²) < 4.78 is 5.56. The number of pyridine rings is 2. The number of nitrogens with one attached hydrogen (secondary N) is 1. The van der Waals surface area contributed by atoms with Crippen LogP contribution in [0.25, 0.3) is 0 Å². The van der Waals surface area contributed by atoms with E-state index in [1.165, 1.54) is 11.1 Å². The van der Waals surface area contributed by atoms with E-state index in [0.29, 0.717) is 11.6 Å². The van der Waals surface area contributed by atoms with Gasteiger partial charge in [0.25, 0.3) is 5.91 Å². The van der Waals surface area contributed by atoms with E-state index in [2.05, 4.69) is 39.2 Å². The third kappa shape index (κ3) is 5.32. The van der Waals surface area contributed by atoms with Crippen LogP contribution in [0.4, 0.5) is 0 Å². The highest BCUT2D eigenvalue weighted by Gasteiger charge is 2.30. The van der Waals surface area contributed by atoms with E-state index in [1.54, 1.807) is 25.6 Å². The lowest BCUT2D eigenvalue weighted by Crippen LogP contribution is -2.41. The third-order valence-electron chi connectivity index (χ3n) is 6.12. The summed E-state index contributed by atoms with van der Waals surface area (Å²) in [6.45, 7) is 4.90. The zero-order chi connectivity index (χ0) is 22.3. The first-order chi connectivity index (χ1) is 15.6. The minimum absolute atomic E-state index is 0.138. The van der Waals surface area contributed by atoms with Crippen LogP contribution in [0.5, 0.6) is 5.75 Å². The minimum atomic E-state index is -0.159. The molecular formula is C26H30N4O2. The Morgan fingerprint density at radius 1 is 1.09 bits per heavy atom. The number of piperidine rings is 1. The number of benzene rings is 1. The molecule has 0 spiro atoms. The van der Waals surface area contributed by atoms with Crippen LogP contribution in [-0.4, -0.2) is 41.0 Å². The van der Waals surface area contributed by atoms with Gasteiger partial charge in [0.05, 0.1) is 18.8 Å². The lowest BCUT2D eigenvalue weighted by atomic mass is 9.87. The van der Waals surface area contributed by atoms with Gasteiger partial charge in [-0.15, -0.1) is 0 Å². The first-order valence-corrected chi connectivity index (χ1v) is 11.1. The Hall–Kier alpha value is -3.25. The monoisotopic (exact) mass is 430 g/mol. The van der Waals surface area contributed by atoms with E-state index in [9.17, 15) is 4.79 Å². The fraction of sp³-hybridized carbons (Fsp3) is 0.346. The fourth-order valence-electron chi connectivity index (χ4n) is 4.42. The number of aromatic nitrogens is 2. The van der Waals surface area contributed by atoms with E-state index in [1.807, 2.05) is 36.4 Å². The highest BCUT2D eigenvalue weighted by molar-refractivity contribution is 5.92. The maximum absolute atomic E-state index is 12.9. The topological polar surface area (TPSA) is 67.3 Å². The Balaban J connectivity index is 1.45. The van der Waals surface area contributed by atoms with Gasteiger partial charge in [-0.05, 0) is 69.1 Å². The lowest BCUT2D eigenvalue weighted by molar-refractivity contribution is 0.0883. The predicted octanol–water partition coefficient (Wildman–Crippen LogP) is 4.18. The van der Waals surface area contributed by atoms with Gasteiger partial charge in [-0.2, -0.15) is 0 Å². The molecule has 1 amide bonds. The average molecular weight is 431 g/mol. The van der Waals surface area contributed by atoms with Crippen LogP contribution < -0.4 is 10.1 Å². The first kappa shape index (κ1) is 22.0. The van der Waals surface area contributed by atoms with Crippen molar-refractivity contribution in [3.8, 4) is 5.75 Å². The van der Waals surface area contributed by atoms with Gasteiger partial charge in [-0.25, -0.2) is 0 Å². The summed E-state index contributed by atoms with van der Waals surface area (Å²) >= 11 is 0. The summed E-state index contributed by atoms with van der Waals surface area (Å²) in [6.07, 6.45) is 5.40. The number of hydrogen-bond donors (Lipinski definition) is 1. The minimum Gasteiger partial charge on any atom is -0.496 e. The zero-order valence-corrected chi connectivity index (χ0v) is 18.7. The van der Waals surface area contributed by atoms with Crippen molar-refractivity contribution in [3.05, 3.63) is 89.5 Å². The molecule has 0 aliphatic carbocycles. The average Bonchev–Trinajstić information content (AvgIpc) is 2.84. The molecule has 1 N–H and O–H groups in total. The van der Waals surface area contributed by atoms with E-state index >= 15 is 0 Å². The number of ether oxygens (including phenoxy) is 1. The molecule has 1 fully saturated rings. The summed E-state index contributed by atoms with van der Waals surface area (Å²) in [4.78, 5) is 24.1. The Kier molecular flexibility index (Phi) is 7.12. The molecule has 0 saturated carbocycles. The molecule has 166 valence electrons. The number of methoxy groups -OCH3 is 1. The van der Waals surface area contributed by atoms with Crippen LogP contribution in [-0.2, 0) is 6.54 Å². The number of carbonyl (C=O) groups excluding carboxylic acids is 1. The first-order valence-electron chi connectivity index (χ1n) is 11.1. The third-order valence-corrected chi connectivity index (χ3v) is 6.12. The van der Waals surface area contributed by atoms with Gasteiger partial charge < -0.3 is 10.1 Å². The number of hydrogen-bond acceptors (Lipinski definition) is 5. The molecule has 4 rings (SSSR count). The lowest BCUT2D eigenvalue weighted by Gasteiger charge is -2.36. The molecule has 0 bridgehead atoms. The number of rotatable bonds is 7. The van der Waals surface area contributed by atoms with Crippen LogP contribution in [0.3, 0.4) is 0 Å². The second-order valence-corrected chi connectivity index (χ2v) is 8.35. The van der Waals surface area contributed by atoms with Gasteiger partial charge >= 0.3 is 0 Å². The molecule has 2 aromatic heterocycles. The molecular weight excluding hydrogens is 400 g/mol. The highest BCUT2D eigenvalue weighted by Crippen LogP contribution is 2.31. The number of likely N-dealkylation sites (tertiary alicyclic amines) is 1. The van der Waals surface area contributed by atoms with Gasteiger partial charge in [0.15, 0.2) is 0 Å². The summed E-state index contributed by atoms with van der Waals surface area (Å²) in [7, 11) is 1.72. The van der Waals surface area contributed by atoms with Crippen LogP contribution in [0.15, 0.2) is 67.0 Å². The standard InChI is InChI=1S/C26H30N4O2/c1-19-9-10-24(32-2)21(17-19)18-30-15-11-20(12-16-30)25(22-7-3-5-13-27-22)29-26(31)23-8-4-6-14-28-23/h3-10,13-14,17,20,25H,11-12,15-16,18H2,1-2H3,(H,29,31)/t25-/m1/s1. The second-order valence-electron chi connectivity index (χ2n) is 8.35. The largest absolute Gasteiger partial charge is 0.496 e. The molecule has 0 unspecified atom stereocenters. The molecule has 1 saturated heterocycles. The maximum atomic E-state index is 12.9. The fourth-order valence-corrected chi connectivity index (χ4v) is 4.42.